The zero-order valence-corrected chi connectivity index (χ0v) is 23.3. The highest BCUT2D eigenvalue weighted by molar-refractivity contribution is 7.14. The van der Waals surface area contributed by atoms with Gasteiger partial charge >= 0.3 is 0 Å². The lowest BCUT2D eigenvalue weighted by Gasteiger charge is -2.37. The van der Waals surface area contributed by atoms with Crippen LogP contribution in [0.2, 0.25) is 0 Å². The molecule has 1 fully saturated rings. The maximum absolute atomic E-state index is 12.8. The van der Waals surface area contributed by atoms with Crippen molar-refractivity contribution in [3.63, 3.8) is 0 Å². The van der Waals surface area contributed by atoms with Crippen LogP contribution in [0.15, 0.2) is 47.8 Å². The molecule has 10 heteroatoms. The van der Waals surface area contributed by atoms with Crippen molar-refractivity contribution in [1.29, 1.82) is 5.26 Å². The van der Waals surface area contributed by atoms with Gasteiger partial charge in [0.25, 0.3) is 5.91 Å². The topological polar surface area (TPSA) is 111 Å². The van der Waals surface area contributed by atoms with E-state index in [1.807, 2.05) is 42.5 Å². The molecular weight excluding hydrogens is 512 g/mol. The summed E-state index contributed by atoms with van der Waals surface area (Å²) in [7, 11) is 1.93. The first kappa shape index (κ1) is 26.7. The van der Waals surface area contributed by atoms with Crippen LogP contribution >= 0.6 is 11.3 Å². The number of nitrogens with one attached hydrogen (secondary N) is 2. The van der Waals surface area contributed by atoms with Crippen molar-refractivity contribution in [2.24, 2.45) is 0 Å². The van der Waals surface area contributed by atoms with Crippen LogP contribution in [0.3, 0.4) is 0 Å². The molecule has 0 bridgehead atoms. The van der Waals surface area contributed by atoms with Gasteiger partial charge in [-0.3, -0.25) is 9.59 Å². The third-order valence-electron chi connectivity index (χ3n) is 7.15. The monoisotopic (exact) mass is 544 g/mol. The summed E-state index contributed by atoms with van der Waals surface area (Å²) in [6.45, 7) is 8.07. The van der Waals surface area contributed by atoms with Gasteiger partial charge in [-0.25, -0.2) is 4.98 Å². The summed E-state index contributed by atoms with van der Waals surface area (Å²) < 4.78 is 5.85. The van der Waals surface area contributed by atoms with Crippen LogP contribution in [0.5, 0.6) is 0 Å². The number of carbonyl (C=O) groups is 2. The Hall–Kier alpha value is -3.94. The molecule has 0 spiro atoms. The number of aromatic nitrogens is 1. The van der Waals surface area contributed by atoms with Gasteiger partial charge in [0.05, 0.1) is 35.9 Å². The predicted octanol–water partition coefficient (Wildman–Crippen LogP) is 4.02. The van der Waals surface area contributed by atoms with Crippen LogP contribution < -0.4 is 20.4 Å². The molecular formula is C29H32N6O3S. The van der Waals surface area contributed by atoms with E-state index in [1.165, 1.54) is 11.3 Å². The summed E-state index contributed by atoms with van der Waals surface area (Å²) in [6.07, 6.45) is 0.335. The van der Waals surface area contributed by atoms with E-state index in [9.17, 15) is 14.9 Å². The first-order valence-corrected chi connectivity index (χ1v) is 13.8. The van der Waals surface area contributed by atoms with Gasteiger partial charge < -0.3 is 25.2 Å². The van der Waals surface area contributed by atoms with Crippen molar-refractivity contribution in [3.05, 3.63) is 59.0 Å². The Morgan fingerprint density at radius 1 is 1.21 bits per heavy atom. The van der Waals surface area contributed by atoms with Gasteiger partial charge in [-0.15, -0.1) is 11.3 Å². The Bertz CT molecular complexity index is 1440. The Morgan fingerprint density at radius 3 is 2.72 bits per heavy atom. The summed E-state index contributed by atoms with van der Waals surface area (Å²) in [5.74, 6) is -0.733. The standard InChI is InChI=1S/C29H32N6O3S/c1-18-13-35(14-19(2)38-18)22-7-5-6-20(10-22)24-15-39-28(32-24)33-26(36)12-31-27(37)21-8-9-25-23(11-21)29(3,16-30)17-34(25)4/h5-11,15,18-19H,12-14,17H2,1-4H3,(H,31,37)(H,32,33,36)/t18-,19+,29-/m1/s1. The minimum atomic E-state index is -0.682. The van der Waals surface area contributed by atoms with Crippen molar-refractivity contribution in [2.75, 3.05) is 48.3 Å². The van der Waals surface area contributed by atoms with Gasteiger partial charge in [0, 0.05) is 54.6 Å². The summed E-state index contributed by atoms with van der Waals surface area (Å²) in [6, 6.07) is 15.9. The Labute approximate surface area is 232 Å². The van der Waals surface area contributed by atoms with Gasteiger partial charge in [0.15, 0.2) is 5.13 Å². The number of ether oxygens (including phenoxy) is 1. The summed E-state index contributed by atoms with van der Waals surface area (Å²) in [5, 5.41) is 17.5. The molecule has 202 valence electrons. The van der Waals surface area contributed by atoms with Crippen LogP contribution in [0.4, 0.5) is 16.5 Å². The Morgan fingerprint density at radius 2 is 1.97 bits per heavy atom. The van der Waals surface area contributed by atoms with Crippen LogP contribution in [0, 0.1) is 11.3 Å². The molecule has 2 aromatic carbocycles. The van der Waals surface area contributed by atoms with Crippen LogP contribution in [0.25, 0.3) is 11.3 Å². The quantitative estimate of drug-likeness (QED) is 0.482. The summed E-state index contributed by atoms with van der Waals surface area (Å²) >= 11 is 1.34. The van der Waals surface area contributed by atoms with E-state index in [-0.39, 0.29) is 30.6 Å². The van der Waals surface area contributed by atoms with E-state index < -0.39 is 5.41 Å². The first-order valence-electron chi connectivity index (χ1n) is 13.0. The molecule has 1 saturated heterocycles. The van der Waals surface area contributed by atoms with Crippen LogP contribution in [0.1, 0.15) is 36.7 Å². The summed E-state index contributed by atoms with van der Waals surface area (Å²) in [5.41, 5.74) is 4.35. The van der Waals surface area contributed by atoms with E-state index in [1.54, 1.807) is 12.1 Å². The average Bonchev–Trinajstić information content (AvgIpc) is 3.48. The zero-order valence-electron chi connectivity index (χ0n) is 22.5. The number of nitrogens with zero attached hydrogens (tertiary/aromatic N) is 4. The molecule has 3 atom stereocenters. The largest absolute Gasteiger partial charge is 0.372 e. The Kier molecular flexibility index (Phi) is 7.30. The van der Waals surface area contributed by atoms with E-state index >= 15 is 0 Å². The molecule has 0 saturated carbocycles. The highest BCUT2D eigenvalue weighted by Crippen LogP contribution is 2.40. The fourth-order valence-electron chi connectivity index (χ4n) is 5.33. The van der Waals surface area contributed by atoms with Crippen LogP contribution in [-0.2, 0) is 14.9 Å². The fraction of sp³-hybridized carbons (Fsp3) is 0.379. The van der Waals surface area contributed by atoms with E-state index in [2.05, 4.69) is 52.6 Å². The molecule has 2 aliphatic rings. The highest BCUT2D eigenvalue weighted by Gasteiger charge is 2.38. The maximum Gasteiger partial charge on any atom is 0.251 e. The first-order chi connectivity index (χ1) is 18.6. The van der Waals surface area contributed by atoms with Crippen molar-refractivity contribution < 1.29 is 14.3 Å². The molecule has 39 heavy (non-hydrogen) atoms. The smallest absolute Gasteiger partial charge is 0.251 e. The number of thiazole rings is 1. The molecule has 2 amide bonds. The third kappa shape index (κ3) is 5.60. The number of carbonyl (C=O) groups excluding carboxylic acids is 2. The fourth-order valence-corrected chi connectivity index (χ4v) is 6.07. The lowest BCUT2D eigenvalue weighted by molar-refractivity contribution is -0.115. The number of likely N-dealkylation sites (N-methyl/N-ethyl adjacent to an activating group) is 1. The summed E-state index contributed by atoms with van der Waals surface area (Å²) in [4.78, 5) is 34.2. The van der Waals surface area contributed by atoms with Gasteiger partial charge in [0.1, 0.15) is 0 Å². The molecule has 1 aromatic heterocycles. The van der Waals surface area contributed by atoms with Crippen molar-refractivity contribution in [3.8, 4) is 17.3 Å². The molecule has 3 aromatic rings. The number of hydrogen-bond acceptors (Lipinski definition) is 8. The molecule has 0 unspecified atom stereocenters. The minimum Gasteiger partial charge on any atom is -0.372 e. The van der Waals surface area contributed by atoms with E-state index in [0.717, 1.165) is 41.3 Å². The number of benzene rings is 2. The normalized spacial score (nSPS) is 22.2. The number of anilines is 3. The van der Waals surface area contributed by atoms with Crippen molar-refractivity contribution in [1.82, 2.24) is 10.3 Å². The number of morpholine rings is 1. The second-order valence-corrected chi connectivity index (χ2v) is 11.4. The van der Waals surface area contributed by atoms with Gasteiger partial charge in [-0.2, -0.15) is 5.26 Å². The molecule has 0 aliphatic carbocycles. The second-order valence-electron chi connectivity index (χ2n) is 10.5. The van der Waals surface area contributed by atoms with E-state index in [0.29, 0.717) is 17.2 Å². The molecule has 0 radical (unpaired) electrons. The lowest BCUT2D eigenvalue weighted by atomic mass is 9.85. The molecule has 9 nitrogen and oxygen atoms in total. The highest BCUT2D eigenvalue weighted by atomic mass is 32.1. The second kappa shape index (κ2) is 10.7. The molecule has 5 rings (SSSR count). The minimum absolute atomic E-state index is 0.168. The number of nitriles is 1. The van der Waals surface area contributed by atoms with E-state index in [4.69, 9.17) is 4.74 Å². The molecule has 3 heterocycles. The predicted molar refractivity (Wildman–Crippen MR) is 153 cm³/mol. The SMILES string of the molecule is C[C@@H]1CN(c2cccc(-c3csc(NC(=O)CNC(=O)c4ccc5c(c4)[C@](C)(C#N)CN5C)n3)c2)C[C@H](C)O1. The van der Waals surface area contributed by atoms with Gasteiger partial charge in [-0.1, -0.05) is 12.1 Å². The zero-order chi connectivity index (χ0) is 27.7. The Balaban J connectivity index is 1.19. The van der Waals surface area contributed by atoms with Crippen molar-refractivity contribution >= 4 is 39.7 Å². The van der Waals surface area contributed by atoms with Crippen molar-refractivity contribution in [2.45, 2.75) is 38.4 Å². The number of fused-ring (bicyclic) bond motifs is 1. The van der Waals surface area contributed by atoms with Crippen LogP contribution in [-0.4, -0.2) is 62.2 Å². The number of rotatable bonds is 6. The van der Waals surface area contributed by atoms with Gasteiger partial charge in [-0.05, 0) is 56.7 Å². The number of hydrogen-bond donors (Lipinski definition) is 2. The third-order valence-corrected chi connectivity index (χ3v) is 7.91. The molecule has 2 N–H and O–H groups in total. The van der Waals surface area contributed by atoms with Gasteiger partial charge in [0.2, 0.25) is 5.91 Å². The average molecular weight is 545 g/mol. The lowest BCUT2D eigenvalue weighted by Crippen LogP contribution is -2.45. The maximum atomic E-state index is 12.8. The number of amides is 2. The molecule has 2 aliphatic heterocycles.